The largest absolute Gasteiger partial charge is 0.462 e. The van der Waals surface area contributed by atoms with Gasteiger partial charge in [-0.05, 0) is 73.6 Å². The Morgan fingerprint density at radius 2 is 1.40 bits per heavy atom. The number of hydrogen-bond acceptors (Lipinski definition) is 11. The van der Waals surface area contributed by atoms with Gasteiger partial charge < -0.3 is 28.8 Å². The second-order valence-electron chi connectivity index (χ2n) is 15.0. The Bertz CT molecular complexity index is 1820. The summed E-state index contributed by atoms with van der Waals surface area (Å²) in [6, 6.07) is 17.5. The minimum absolute atomic E-state index is 0.0446. The van der Waals surface area contributed by atoms with Crippen LogP contribution in [0.2, 0.25) is 0 Å². The van der Waals surface area contributed by atoms with Crippen molar-refractivity contribution in [2.75, 3.05) is 0 Å². The van der Waals surface area contributed by atoms with Gasteiger partial charge in [0, 0.05) is 45.1 Å². The standard InChI is InChI=1S/C42H48O11/c1-24-31-22-42(40(6,7)48)23-33(49-26(3)43)25(2)36(42)37(53-39(47)30-17-13-10-14-18-30)38(51-28(5)45)41(31,8)34(50-27(4)44)21-32(24)52-35(46)20-19-29-15-11-9-12-16-29/h9-20,31-34,37-38,48H,1,21-23H2,2-8H3/b20-19-/t31-,32-,33+,34+,37-,38+,41+,42+/m1/s1. The van der Waals surface area contributed by atoms with Gasteiger partial charge in [0.1, 0.15) is 18.3 Å². The van der Waals surface area contributed by atoms with Gasteiger partial charge in [0.2, 0.25) is 0 Å². The number of hydrogen-bond donors (Lipinski definition) is 1. The summed E-state index contributed by atoms with van der Waals surface area (Å²) in [6.45, 7) is 15.0. The van der Waals surface area contributed by atoms with Crippen molar-refractivity contribution < 1.29 is 52.8 Å². The lowest BCUT2D eigenvalue weighted by atomic mass is 9.56. The summed E-state index contributed by atoms with van der Waals surface area (Å²) in [5, 5.41) is 12.3. The zero-order valence-corrected chi connectivity index (χ0v) is 31.3. The third-order valence-electron chi connectivity index (χ3n) is 11.2. The molecule has 2 aromatic carbocycles. The fraction of sp³-hybridized carbons (Fsp3) is 0.452. The maximum absolute atomic E-state index is 14.0. The molecule has 0 saturated heterocycles. The van der Waals surface area contributed by atoms with Gasteiger partial charge in [0.25, 0.3) is 0 Å². The van der Waals surface area contributed by atoms with E-state index in [-0.39, 0.29) is 24.8 Å². The fourth-order valence-electron chi connectivity index (χ4n) is 8.64. The third-order valence-corrected chi connectivity index (χ3v) is 11.2. The van der Waals surface area contributed by atoms with Crippen LogP contribution in [0.15, 0.2) is 90.0 Å². The summed E-state index contributed by atoms with van der Waals surface area (Å²) in [5.41, 5.74) is -1.82. The van der Waals surface area contributed by atoms with Gasteiger partial charge in [-0.25, -0.2) is 9.59 Å². The summed E-state index contributed by atoms with van der Waals surface area (Å²) in [4.78, 5) is 65.6. The zero-order chi connectivity index (χ0) is 38.9. The van der Waals surface area contributed by atoms with Crippen LogP contribution in [0.5, 0.6) is 0 Å². The van der Waals surface area contributed by atoms with Crippen molar-refractivity contribution in [2.24, 2.45) is 16.7 Å². The quantitative estimate of drug-likeness (QED) is 0.138. The molecule has 53 heavy (non-hydrogen) atoms. The van der Waals surface area contributed by atoms with Crippen LogP contribution in [0.1, 0.15) is 83.7 Å². The average molecular weight is 729 g/mol. The lowest BCUT2D eigenvalue weighted by molar-refractivity contribution is -0.197. The summed E-state index contributed by atoms with van der Waals surface area (Å²) in [6.07, 6.45) is -2.48. The summed E-state index contributed by atoms with van der Waals surface area (Å²) < 4.78 is 30.4. The summed E-state index contributed by atoms with van der Waals surface area (Å²) in [7, 11) is 0. The molecule has 11 heteroatoms. The topological polar surface area (TPSA) is 152 Å². The van der Waals surface area contributed by atoms with Crippen molar-refractivity contribution in [1.29, 1.82) is 0 Å². The van der Waals surface area contributed by atoms with E-state index in [1.54, 1.807) is 64.1 Å². The van der Waals surface area contributed by atoms with Crippen LogP contribution in [-0.4, -0.2) is 71.1 Å². The number of rotatable bonds is 9. The minimum Gasteiger partial charge on any atom is -0.462 e. The molecule has 0 heterocycles. The number of ether oxygens (including phenoxy) is 5. The van der Waals surface area contributed by atoms with E-state index in [0.717, 1.165) is 5.56 Å². The van der Waals surface area contributed by atoms with E-state index in [2.05, 4.69) is 6.58 Å². The van der Waals surface area contributed by atoms with Gasteiger partial charge in [-0.3, -0.25) is 14.4 Å². The SMILES string of the molecule is C=C1[C@H]2C[C@]3(C(C)(C)O)C[C@H](OC(C)=O)C(C)=C3[C@@H](OC(=O)c3ccccc3)[C@H](OC(C)=O)[C@]2(C)[C@@H](OC(C)=O)C[C@H]1OC(=O)/C=C\c1ccccc1. The Hall–Kier alpha value is -5.03. The van der Waals surface area contributed by atoms with Crippen LogP contribution in [0.4, 0.5) is 0 Å². The van der Waals surface area contributed by atoms with E-state index in [9.17, 15) is 29.1 Å². The molecule has 3 aliphatic carbocycles. The molecule has 0 unspecified atom stereocenters. The number of carbonyl (C=O) groups is 5. The number of aliphatic hydroxyl groups is 1. The fourth-order valence-corrected chi connectivity index (χ4v) is 8.64. The smallest absolute Gasteiger partial charge is 0.338 e. The van der Waals surface area contributed by atoms with Gasteiger partial charge in [0.15, 0.2) is 12.2 Å². The van der Waals surface area contributed by atoms with Crippen LogP contribution in [0.25, 0.3) is 6.08 Å². The molecule has 2 fully saturated rings. The number of benzene rings is 2. The Labute approximate surface area is 310 Å². The van der Waals surface area contributed by atoms with Gasteiger partial charge in [-0.15, -0.1) is 0 Å². The molecule has 11 nitrogen and oxygen atoms in total. The molecule has 2 saturated carbocycles. The lowest BCUT2D eigenvalue weighted by Gasteiger charge is -2.53. The van der Waals surface area contributed by atoms with Gasteiger partial charge in [-0.1, -0.05) is 62.0 Å². The molecule has 0 aromatic heterocycles. The van der Waals surface area contributed by atoms with E-state index in [1.807, 2.05) is 30.3 Å². The highest BCUT2D eigenvalue weighted by Crippen LogP contribution is 2.65. The van der Waals surface area contributed by atoms with Gasteiger partial charge in [0.05, 0.1) is 16.6 Å². The first-order valence-electron chi connectivity index (χ1n) is 17.7. The summed E-state index contributed by atoms with van der Waals surface area (Å²) in [5.74, 6) is -4.06. The maximum Gasteiger partial charge on any atom is 0.338 e. The predicted molar refractivity (Wildman–Crippen MR) is 194 cm³/mol. The highest BCUT2D eigenvalue weighted by atomic mass is 16.6. The first kappa shape index (κ1) is 39.2. The van der Waals surface area contributed by atoms with E-state index in [4.69, 9.17) is 23.7 Å². The monoisotopic (exact) mass is 728 g/mol. The van der Waals surface area contributed by atoms with Crippen LogP contribution >= 0.6 is 0 Å². The van der Waals surface area contributed by atoms with Crippen LogP contribution in [0.3, 0.4) is 0 Å². The Balaban J connectivity index is 1.72. The molecule has 0 radical (unpaired) electrons. The molecule has 0 amide bonds. The van der Waals surface area contributed by atoms with Crippen LogP contribution < -0.4 is 0 Å². The first-order valence-corrected chi connectivity index (χ1v) is 17.7. The van der Waals surface area contributed by atoms with Crippen molar-refractivity contribution in [2.45, 2.75) is 104 Å². The minimum atomic E-state index is -1.57. The molecule has 8 atom stereocenters. The molecule has 0 aliphatic heterocycles. The molecule has 5 rings (SSSR count). The highest BCUT2D eigenvalue weighted by Gasteiger charge is 2.69. The number of esters is 5. The zero-order valence-electron chi connectivity index (χ0n) is 31.3. The highest BCUT2D eigenvalue weighted by molar-refractivity contribution is 5.90. The molecule has 2 aromatic rings. The molecule has 3 aliphatic rings. The van der Waals surface area contributed by atoms with Crippen molar-refractivity contribution in [3.63, 3.8) is 0 Å². The second kappa shape index (κ2) is 15.1. The number of carbonyl (C=O) groups excluding carboxylic acids is 5. The van der Waals surface area contributed by atoms with Gasteiger partial charge >= 0.3 is 29.8 Å². The third kappa shape index (κ3) is 7.71. The van der Waals surface area contributed by atoms with E-state index >= 15 is 0 Å². The average Bonchev–Trinajstić information content (AvgIpc) is 3.32. The van der Waals surface area contributed by atoms with Crippen LogP contribution in [0, 0.1) is 16.7 Å². The van der Waals surface area contributed by atoms with Gasteiger partial charge in [-0.2, -0.15) is 0 Å². The lowest BCUT2D eigenvalue weighted by Crippen LogP contribution is -2.60. The van der Waals surface area contributed by atoms with Crippen molar-refractivity contribution in [1.82, 2.24) is 0 Å². The molecular weight excluding hydrogens is 680 g/mol. The Morgan fingerprint density at radius 3 is 1.96 bits per heavy atom. The van der Waals surface area contributed by atoms with Crippen molar-refractivity contribution in [3.8, 4) is 0 Å². The van der Waals surface area contributed by atoms with E-state index in [1.165, 1.54) is 26.8 Å². The molecule has 282 valence electrons. The molecule has 0 spiro atoms. The van der Waals surface area contributed by atoms with Crippen molar-refractivity contribution >= 4 is 35.9 Å². The molecule has 0 bridgehead atoms. The Morgan fingerprint density at radius 1 is 0.811 bits per heavy atom. The van der Waals surface area contributed by atoms with Crippen molar-refractivity contribution in [3.05, 3.63) is 101 Å². The summed E-state index contributed by atoms with van der Waals surface area (Å²) >= 11 is 0. The van der Waals surface area contributed by atoms with E-state index in [0.29, 0.717) is 16.7 Å². The first-order chi connectivity index (χ1) is 24.9. The predicted octanol–water partition coefficient (Wildman–Crippen LogP) is 6.10. The molecular formula is C42H48O11. The maximum atomic E-state index is 14.0. The molecule has 1 N–H and O–H groups in total. The van der Waals surface area contributed by atoms with E-state index < -0.39 is 82.7 Å². The van der Waals surface area contributed by atoms with Crippen LogP contribution in [-0.2, 0) is 42.9 Å². The second-order valence-corrected chi connectivity index (χ2v) is 15.0. The normalized spacial score (nSPS) is 29.7. The Kier molecular flexibility index (Phi) is 11.2. The number of fused-ring (bicyclic) bond motifs is 2.